The normalized spacial score (nSPS) is 16.9. The van der Waals surface area contributed by atoms with Crippen molar-refractivity contribution in [1.29, 1.82) is 0 Å². The van der Waals surface area contributed by atoms with Gasteiger partial charge in [-0.1, -0.05) is 48.5 Å². The zero-order valence-corrected chi connectivity index (χ0v) is 12.1. The molecule has 0 aromatic heterocycles. The Balaban J connectivity index is 4.73. The van der Waals surface area contributed by atoms with Crippen molar-refractivity contribution in [2.45, 2.75) is 61.3 Å². The first-order valence-electron chi connectivity index (χ1n) is 6.31. The summed E-state index contributed by atoms with van der Waals surface area (Å²) in [6, 6.07) is 0. The van der Waals surface area contributed by atoms with Crippen LogP contribution in [-0.2, 0) is 4.79 Å². The van der Waals surface area contributed by atoms with Crippen molar-refractivity contribution >= 4 is 5.91 Å². The summed E-state index contributed by atoms with van der Waals surface area (Å²) in [7, 11) is 0. The molecule has 0 bridgehead atoms. The molecule has 2 heteroatoms. The van der Waals surface area contributed by atoms with E-state index in [4.69, 9.17) is 5.73 Å². The van der Waals surface area contributed by atoms with Crippen LogP contribution < -0.4 is 5.73 Å². The van der Waals surface area contributed by atoms with Crippen LogP contribution in [0.2, 0.25) is 0 Å². The topological polar surface area (TPSA) is 43.1 Å². The second-order valence-electron chi connectivity index (χ2n) is 6.82. The van der Waals surface area contributed by atoms with Gasteiger partial charge in [-0.25, -0.2) is 0 Å². The molecular weight excluding hydrogens is 198 g/mol. The Morgan fingerprint density at radius 2 is 1.62 bits per heavy atom. The van der Waals surface area contributed by atoms with Crippen molar-refractivity contribution in [2.75, 3.05) is 0 Å². The van der Waals surface area contributed by atoms with Crippen LogP contribution in [-0.4, -0.2) is 5.91 Å². The molecule has 0 aliphatic heterocycles. The Kier molecular flexibility index (Phi) is 5.03. The van der Waals surface area contributed by atoms with Gasteiger partial charge in [0.05, 0.1) is 0 Å². The van der Waals surface area contributed by atoms with E-state index in [9.17, 15) is 4.79 Å². The van der Waals surface area contributed by atoms with Crippen LogP contribution in [0.15, 0.2) is 0 Å². The highest BCUT2D eigenvalue weighted by atomic mass is 16.1. The number of amides is 1. The van der Waals surface area contributed by atoms with E-state index in [-0.39, 0.29) is 22.7 Å². The summed E-state index contributed by atoms with van der Waals surface area (Å²) >= 11 is 0. The molecule has 0 aliphatic rings. The van der Waals surface area contributed by atoms with E-state index >= 15 is 0 Å². The molecule has 0 saturated carbocycles. The van der Waals surface area contributed by atoms with Gasteiger partial charge in [-0.3, -0.25) is 4.79 Å². The smallest absolute Gasteiger partial charge is 0.221 e. The third kappa shape index (κ3) is 4.15. The van der Waals surface area contributed by atoms with Crippen LogP contribution in [0.25, 0.3) is 0 Å². The maximum Gasteiger partial charge on any atom is 0.221 e. The van der Waals surface area contributed by atoms with Crippen molar-refractivity contribution in [1.82, 2.24) is 0 Å². The lowest BCUT2D eigenvalue weighted by atomic mass is 9.66. The van der Waals surface area contributed by atoms with Gasteiger partial charge in [0.1, 0.15) is 0 Å². The van der Waals surface area contributed by atoms with Gasteiger partial charge in [0.25, 0.3) is 0 Å². The minimum absolute atomic E-state index is 0.00667. The van der Waals surface area contributed by atoms with Crippen LogP contribution >= 0.6 is 0 Å². The minimum atomic E-state index is -0.159. The summed E-state index contributed by atoms with van der Waals surface area (Å²) in [6.07, 6.45) is 1.87. The van der Waals surface area contributed by atoms with Crippen LogP contribution in [0.1, 0.15) is 61.3 Å². The van der Waals surface area contributed by atoms with Crippen LogP contribution in [0.3, 0.4) is 0 Å². The third-order valence-corrected chi connectivity index (χ3v) is 4.01. The summed E-state index contributed by atoms with van der Waals surface area (Å²) in [5, 5.41) is 0. The molecule has 1 amide bonds. The Hall–Kier alpha value is -0.530. The van der Waals surface area contributed by atoms with Gasteiger partial charge >= 0.3 is 0 Å². The molecule has 0 aromatic carbocycles. The molecule has 0 saturated heterocycles. The van der Waals surface area contributed by atoms with Crippen molar-refractivity contribution < 1.29 is 4.79 Å². The van der Waals surface area contributed by atoms with E-state index in [1.165, 1.54) is 0 Å². The Morgan fingerprint density at radius 3 is 1.88 bits per heavy atom. The zero-order chi connectivity index (χ0) is 13.1. The van der Waals surface area contributed by atoms with Gasteiger partial charge in [-0.05, 0) is 29.6 Å². The molecule has 0 spiro atoms. The highest BCUT2D eigenvalue weighted by Crippen LogP contribution is 2.41. The number of hydrogen-bond donors (Lipinski definition) is 1. The average molecular weight is 227 g/mol. The van der Waals surface area contributed by atoms with Crippen molar-refractivity contribution in [3.63, 3.8) is 0 Å². The van der Waals surface area contributed by atoms with Gasteiger partial charge in [-0.2, -0.15) is 0 Å². The highest BCUT2D eigenvalue weighted by Gasteiger charge is 2.36. The fraction of sp³-hybridized carbons (Fsp3) is 0.929. The number of carbonyl (C=O) groups excluding carboxylic acids is 1. The Morgan fingerprint density at radius 1 is 1.19 bits per heavy atom. The van der Waals surface area contributed by atoms with Gasteiger partial charge in [0.2, 0.25) is 5.91 Å². The molecule has 2 atom stereocenters. The lowest BCUT2D eigenvalue weighted by molar-refractivity contribution is -0.126. The van der Waals surface area contributed by atoms with E-state index in [1.54, 1.807) is 0 Å². The summed E-state index contributed by atoms with van der Waals surface area (Å²) < 4.78 is 0. The average Bonchev–Trinajstić information content (AvgIpc) is 2.00. The van der Waals surface area contributed by atoms with Crippen molar-refractivity contribution in [3.8, 4) is 0 Å². The monoisotopic (exact) mass is 227 g/mol. The number of hydrogen-bond acceptors (Lipinski definition) is 1. The fourth-order valence-corrected chi connectivity index (χ4v) is 2.38. The number of rotatable bonds is 5. The summed E-state index contributed by atoms with van der Waals surface area (Å²) in [5.41, 5.74) is 5.76. The molecule has 2 unspecified atom stereocenters. The van der Waals surface area contributed by atoms with Gasteiger partial charge in [-0.15, -0.1) is 0 Å². The molecule has 0 rings (SSSR count). The summed E-state index contributed by atoms with van der Waals surface area (Å²) in [4.78, 5) is 11.4. The lowest BCUT2D eigenvalue weighted by Crippen LogP contribution is -2.38. The second kappa shape index (κ2) is 5.20. The Bertz CT molecular complexity index is 238. The maximum absolute atomic E-state index is 11.4. The second-order valence-corrected chi connectivity index (χ2v) is 6.82. The molecule has 16 heavy (non-hydrogen) atoms. The standard InChI is InChI=1S/C14H29NO/c1-8-11(12(15)16)14(6,7)9-10(2)13(3,4)5/h10-11H,8-9H2,1-7H3,(H2,15,16). The molecule has 2 nitrogen and oxygen atoms in total. The first kappa shape index (κ1) is 15.5. The molecule has 0 aliphatic carbocycles. The number of primary amides is 1. The molecular formula is C14H29NO. The molecule has 0 aromatic rings. The maximum atomic E-state index is 11.4. The van der Waals surface area contributed by atoms with Crippen LogP contribution in [0, 0.1) is 22.7 Å². The predicted octanol–water partition coefficient (Wildman–Crippen LogP) is 3.60. The van der Waals surface area contributed by atoms with Gasteiger partial charge < -0.3 is 5.73 Å². The number of carbonyl (C=O) groups is 1. The Labute approximate surface area is 101 Å². The van der Waals surface area contributed by atoms with Gasteiger partial charge in [0, 0.05) is 5.92 Å². The lowest BCUT2D eigenvalue weighted by Gasteiger charge is -2.38. The third-order valence-electron chi connectivity index (χ3n) is 4.01. The summed E-state index contributed by atoms with van der Waals surface area (Å²) in [6.45, 7) is 15.4. The summed E-state index contributed by atoms with van der Waals surface area (Å²) in [5.74, 6) is 0.404. The molecule has 0 radical (unpaired) electrons. The predicted molar refractivity (Wildman–Crippen MR) is 70.0 cm³/mol. The van der Waals surface area contributed by atoms with Gasteiger partial charge in [0.15, 0.2) is 0 Å². The largest absolute Gasteiger partial charge is 0.369 e. The SMILES string of the molecule is CCC(C(N)=O)C(C)(C)CC(C)C(C)(C)C. The van der Waals surface area contributed by atoms with E-state index < -0.39 is 0 Å². The highest BCUT2D eigenvalue weighted by molar-refractivity contribution is 5.77. The quantitative estimate of drug-likeness (QED) is 0.766. The molecule has 0 heterocycles. The first-order valence-corrected chi connectivity index (χ1v) is 6.31. The first-order chi connectivity index (χ1) is 7.02. The zero-order valence-electron chi connectivity index (χ0n) is 12.1. The van der Waals surface area contributed by atoms with E-state index in [0.29, 0.717) is 5.92 Å². The molecule has 0 fully saturated rings. The van der Waals surface area contributed by atoms with E-state index in [2.05, 4.69) is 41.5 Å². The van der Waals surface area contributed by atoms with Crippen LogP contribution in [0.5, 0.6) is 0 Å². The number of nitrogens with two attached hydrogens (primary N) is 1. The van der Waals surface area contributed by atoms with Crippen LogP contribution in [0.4, 0.5) is 0 Å². The fourth-order valence-electron chi connectivity index (χ4n) is 2.38. The van der Waals surface area contributed by atoms with Crippen molar-refractivity contribution in [2.24, 2.45) is 28.4 Å². The van der Waals surface area contributed by atoms with E-state index in [1.807, 2.05) is 6.92 Å². The van der Waals surface area contributed by atoms with E-state index in [0.717, 1.165) is 12.8 Å². The molecule has 96 valence electrons. The van der Waals surface area contributed by atoms with Crippen molar-refractivity contribution in [3.05, 3.63) is 0 Å². The minimum Gasteiger partial charge on any atom is -0.369 e. The molecule has 2 N–H and O–H groups in total.